The molecule has 0 N–H and O–H groups in total. The lowest BCUT2D eigenvalue weighted by Crippen LogP contribution is -2.47. The topological polar surface area (TPSA) is 67.3 Å². The largest absolute Gasteiger partial charge is 0.481 e. The SMILES string of the molecule is COc1cc(N2CCN(c3nccc(C)n3)CC2)ncn1. The molecule has 110 valence electrons. The van der Waals surface area contributed by atoms with Gasteiger partial charge in [0.1, 0.15) is 12.1 Å². The Morgan fingerprint density at radius 3 is 2.52 bits per heavy atom. The van der Waals surface area contributed by atoms with Crippen LogP contribution in [0.15, 0.2) is 24.7 Å². The molecule has 1 fully saturated rings. The Hall–Kier alpha value is -2.44. The van der Waals surface area contributed by atoms with Crippen LogP contribution >= 0.6 is 0 Å². The summed E-state index contributed by atoms with van der Waals surface area (Å²) in [5.74, 6) is 2.28. The van der Waals surface area contributed by atoms with E-state index in [0.717, 1.165) is 43.6 Å². The van der Waals surface area contributed by atoms with E-state index in [2.05, 4.69) is 29.7 Å². The number of aryl methyl sites for hydroxylation is 1. The number of rotatable bonds is 3. The third-order valence-electron chi connectivity index (χ3n) is 3.51. The Morgan fingerprint density at radius 2 is 1.81 bits per heavy atom. The number of hydrogen-bond donors (Lipinski definition) is 0. The van der Waals surface area contributed by atoms with Gasteiger partial charge in [0.25, 0.3) is 0 Å². The normalized spacial score (nSPS) is 15.1. The lowest BCUT2D eigenvalue weighted by Gasteiger charge is -2.35. The van der Waals surface area contributed by atoms with Gasteiger partial charge in [0.2, 0.25) is 11.8 Å². The van der Waals surface area contributed by atoms with Gasteiger partial charge in [0.15, 0.2) is 0 Å². The fraction of sp³-hybridized carbons (Fsp3) is 0.429. The van der Waals surface area contributed by atoms with Crippen molar-refractivity contribution in [2.45, 2.75) is 6.92 Å². The summed E-state index contributed by atoms with van der Waals surface area (Å²) >= 11 is 0. The number of piperazine rings is 1. The second-order valence-electron chi connectivity index (χ2n) is 4.89. The predicted molar refractivity (Wildman–Crippen MR) is 79.8 cm³/mol. The summed E-state index contributed by atoms with van der Waals surface area (Å²) in [6, 6.07) is 3.77. The molecule has 1 aliphatic rings. The highest BCUT2D eigenvalue weighted by Crippen LogP contribution is 2.18. The zero-order valence-electron chi connectivity index (χ0n) is 12.2. The van der Waals surface area contributed by atoms with Gasteiger partial charge in [0.05, 0.1) is 7.11 Å². The first-order valence-corrected chi connectivity index (χ1v) is 6.92. The average molecular weight is 286 g/mol. The third kappa shape index (κ3) is 3.01. The molecule has 0 bridgehead atoms. The molecule has 21 heavy (non-hydrogen) atoms. The predicted octanol–water partition coefficient (Wildman–Crippen LogP) is 0.910. The van der Waals surface area contributed by atoms with Gasteiger partial charge in [-0.1, -0.05) is 0 Å². The highest BCUT2D eigenvalue weighted by molar-refractivity contribution is 5.44. The highest BCUT2D eigenvalue weighted by Gasteiger charge is 2.20. The molecule has 0 radical (unpaired) electrons. The van der Waals surface area contributed by atoms with Gasteiger partial charge in [0, 0.05) is 44.1 Å². The van der Waals surface area contributed by atoms with Crippen LogP contribution < -0.4 is 14.5 Å². The molecule has 7 heteroatoms. The summed E-state index contributed by atoms with van der Waals surface area (Å²) in [6.07, 6.45) is 3.34. The van der Waals surface area contributed by atoms with Crippen LogP contribution in [-0.2, 0) is 0 Å². The van der Waals surface area contributed by atoms with Gasteiger partial charge in [-0.25, -0.2) is 19.9 Å². The van der Waals surface area contributed by atoms with Gasteiger partial charge in [-0.05, 0) is 13.0 Å². The smallest absolute Gasteiger partial charge is 0.225 e. The number of methoxy groups -OCH3 is 1. The zero-order valence-corrected chi connectivity index (χ0v) is 12.2. The minimum absolute atomic E-state index is 0.587. The van der Waals surface area contributed by atoms with Gasteiger partial charge in [-0.3, -0.25) is 0 Å². The number of ether oxygens (including phenoxy) is 1. The van der Waals surface area contributed by atoms with Gasteiger partial charge in [-0.2, -0.15) is 0 Å². The van der Waals surface area contributed by atoms with E-state index in [-0.39, 0.29) is 0 Å². The zero-order chi connectivity index (χ0) is 14.7. The number of hydrogen-bond acceptors (Lipinski definition) is 7. The monoisotopic (exact) mass is 286 g/mol. The second kappa shape index (κ2) is 5.90. The molecular formula is C14H18N6O. The minimum atomic E-state index is 0.587. The van der Waals surface area contributed by atoms with Crippen molar-refractivity contribution in [3.05, 3.63) is 30.4 Å². The Labute approximate surface area is 123 Å². The summed E-state index contributed by atoms with van der Waals surface area (Å²) in [5.41, 5.74) is 0.989. The summed E-state index contributed by atoms with van der Waals surface area (Å²) in [7, 11) is 1.61. The maximum absolute atomic E-state index is 5.14. The van der Waals surface area contributed by atoms with Crippen molar-refractivity contribution in [3.63, 3.8) is 0 Å². The van der Waals surface area contributed by atoms with Crippen LogP contribution in [0, 0.1) is 6.92 Å². The van der Waals surface area contributed by atoms with Crippen molar-refractivity contribution in [1.29, 1.82) is 0 Å². The Kier molecular flexibility index (Phi) is 3.81. The first-order valence-electron chi connectivity index (χ1n) is 6.92. The molecular weight excluding hydrogens is 268 g/mol. The van der Waals surface area contributed by atoms with Crippen LogP contribution in [-0.4, -0.2) is 53.2 Å². The summed E-state index contributed by atoms with van der Waals surface area (Å²) in [5, 5.41) is 0. The van der Waals surface area contributed by atoms with Crippen molar-refractivity contribution < 1.29 is 4.74 Å². The van der Waals surface area contributed by atoms with Crippen molar-refractivity contribution in [1.82, 2.24) is 19.9 Å². The van der Waals surface area contributed by atoms with E-state index in [9.17, 15) is 0 Å². The lowest BCUT2D eigenvalue weighted by molar-refractivity contribution is 0.396. The van der Waals surface area contributed by atoms with E-state index in [1.165, 1.54) is 6.33 Å². The molecule has 0 saturated carbocycles. The quantitative estimate of drug-likeness (QED) is 0.830. The molecule has 7 nitrogen and oxygen atoms in total. The molecule has 0 aliphatic carbocycles. The van der Waals surface area contributed by atoms with Crippen LogP contribution in [0.5, 0.6) is 5.88 Å². The third-order valence-corrected chi connectivity index (χ3v) is 3.51. The molecule has 2 aromatic heterocycles. The molecule has 0 atom stereocenters. The van der Waals surface area contributed by atoms with E-state index in [0.29, 0.717) is 5.88 Å². The van der Waals surface area contributed by atoms with E-state index in [1.807, 2.05) is 19.1 Å². The first kappa shape index (κ1) is 13.5. The highest BCUT2D eigenvalue weighted by atomic mass is 16.5. The van der Waals surface area contributed by atoms with E-state index >= 15 is 0 Å². The second-order valence-corrected chi connectivity index (χ2v) is 4.89. The Balaban J connectivity index is 1.67. The molecule has 3 heterocycles. The summed E-state index contributed by atoms with van der Waals surface area (Å²) in [4.78, 5) is 21.6. The van der Waals surface area contributed by atoms with Crippen LogP contribution in [0.3, 0.4) is 0 Å². The number of nitrogens with zero attached hydrogens (tertiary/aromatic N) is 6. The summed E-state index contributed by atoms with van der Waals surface area (Å²) in [6.45, 7) is 5.47. The van der Waals surface area contributed by atoms with Crippen LogP contribution in [0.2, 0.25) is 0 Å². The van der Waals surface area contributed by atoms with Crippen molar-refractivity contribution in [2.24, 2.45) is 0 Å². The summed E-state index contributed by atoms with van der Waals surface area (Å²) < 4.78 is 5.14. The average Bonchev–Trinajstić information content (AvgIpc) is 2.55. The van der Waals surface area contributed by atoms with Gasteiger partial charge < -0.3 is 14.5 Å². The maximum Gasteiger partial charge on any atom is 0.225 e. The van der Waals surface area contributed by atoms with Crippen LogP contribution in [0.1, 0.15) is 5.69 Å². The molecule has 1 aliphatic heterocycles. The van der Waals surface area contributed by atoms with Gasteiger partial charge >= 0.3 is 0 Å². The molecule has 2 aromatic rings. The Bertz CT molecular complexity index is 612. The van der Waals surface area contributed by atoms with Crippen molar-refractivity contribution in [3.8, 4) is 5.88 Å². The number of anilines is 2. The molecule has 3 rings (SSSR count). The van der Waals surface area contributed by atoms with Gasteiger partial charge in [-0.15, -0.1) is 0 Å². The maximum atomic E-state index is 5.14. The fourth-order valence-corrected chi connectivity index (χ4v) is 2.34. The van der Waals surface area contributed by atoms with E-state index < -0.39 is 0 Å². The van der Waals surface area contributed by atoms with Crippen molar-refractivity contribution in [2.75, 3.05) is 43.1 Å². The first-order chi connectivity index (χ1) is 10.3. The standard InChI is InChI=1S/C14H18N6O/c1-11-3-4-15-14(18-11)20-7-5-19(6-8-20)12-9-13(21-2)17-10-16-12/h3-4,9-10H,5-8H2,1-2H3. The number of aromatic nitrogens is 4. The lowest BCUT2D eigenvalue weighted by atomic mass is 10.3. The molecule has 0 amide bonds. The molecule has 1 saturated heterocycles. The Morgan fingerprint density at radius 1 is 1.05 bits per heavy atom. The molecule has 0 spiro atoms. The van der Waals surface area contributed by atoms with Crippen LogP contribution in [0.25, 0.3) is 0 Å². The van der Waals surface area contributed by atoms with Crippen LogP contribution in [0.4, 0.5) is 11.8 Å². The molecule has 0 unspecified atom stereocenters. The van der Waals surface area contributed by atoms with E-state index in [1.54, 1.807) is 13.3 Å². The fourth-order valence-electron chi connectivity index (χ4n) is 2.34. The minimum Gasteiger partial charge on any atom is -0.481 e. The van der Waals surface area contributed by atoms with E-state index in [4.69, 9.17) is 4.74 Å². The van der Waals surface area contributed by atoms with Crippen molar-refractivity contribution >= 4 is 11.8 Å². The molecule has 0 aromatic carbocycles.